The van der Waals surface area contributed by atoms with E-state index in [1.165, 1.54) is 62.0 Å². The highest BCUT2D eigenvalue weighted by Crippen LogP contribution is 2.46. The SMILES string of the molecule is CC(C)CC#Cc1cc2sc(-c3ccc(-c4cc5sc(-c6ccc(N(C)C)cc6)cc5s4)c4nsnc34)cc2s1. The Hall–Kier alpha value is -3.06. The number of hydrogen-bond donors (Lipinski definition) is 0. The molecular formula is C32H25N3S5. The Morgan fingerprint density at radius 1 is 0.700 bits per heavy atom. The van der Waals surface area contributed by atoms with Gasteiger partial charge in [0.1, 0.15) is 11.0 Å². The van der Waals surface area contributed by atoms with Crippen molar-refractivity contribution in [2.45, 2.75) is 20.3 Å². The van der Waals surface area contributed by atoms with Crippen molar-refractivity contribution in [3.05, 3.63) is 65.5 Å². The van der Waals surface area contributed by atoms with Gasteiger partial charge in [0.25, 0.3) is 0 Å². The summed E-state index contributed by atoms with van der Waals surface area (Å²) < 4.78 is 14.7. The lowest BCUT2D eigenvalue weighted by Gasteiger charge is -2.12. The van der Waals surface area contributed by atoms with E-state index in [-0.39, 0.29) is 0 Å². The van der Waals surface area contributed by atoms with Crippen LogP contribution >= 0.6 is 57.1 Å². The first-order valence-corrected chi connectivity index (χ1v) is 17.0. The van der Waals surface area contributed by atoms with Crippen LogP contribution in [-0.4, -0.2) is 22.8 Å². The number of rotatable bonds is 5. The number of fused-ring (bicyclic) bond motifs is 3. The molecule has 7 rings (SSSR count). The van der Waals surface area contributed by atoms with Crippen molar-refractivity contribution in [3.63, 3.8) is 0 Å². The second kappa shape index (κ2) is 10.4. The zero-order valence-electron chi connectivity index (χ0n) is 22.4. The molecule has 5 aromatic heterocycles. The molecule has 7 aromatic rings. The topological polar surface area (TPSA) is 29.0 Å². The molecular weight excluding hydrogens is 587 g/mol. The average molecular weight is 612 g/mol. The normalized spacial score (nSPS) is 11.6. The molecule has 2 aromatic carbocycles. The highest BCUT2D eigenvalue weighted by atomic mass is 32.1. The fourth-order valence-electron chi connectivity index (χ4n) is 4.67. The van der Waals surface area contributed by atoms with Crippen LogP contribution in [0.25, 0.3) is 61.2 Å². The monoisotopic (exact) mass is 611 g/mol. The third-order valence-corrected chi connectivity index (χ3v) is 11.9. The fraction of sp³-hybridized carbons (Fsp3) is 0.188. The Morgan fingerprint density at radius 2 is 1.25 bits per heavy atom. The van der Waals surface area contributed by atoms with Crippen molar-refractivity contribution in [1.82, 2.24) is 8.75 Å². The maximum absolute atomic E-state index is 4.75. The van der Waals surface area contributed by atoms with E-state index in [4.69, 9.17) is 8.75 Å². The van der Waals surface area contributed by atoms with E-state index < -0.39 is 0 Å². The lowest BCUT2D eigenvalue weighted by atomic mass is 10.1. The molecule has 0 radical (unpaired) electrons. The molecule has 0 saturated heterocycles. The zero-order valence-corrected chi connectivity index (χ0v) is 26.5. The van der Waals surface area contributed by atoms with E-state index in [1.807, 2.05) is 34.0 Å². The van der Waals surface area contributed by atoms with Gasteiger partial charge in [0.2, 0.25) is 0 Å². The smallest absolute Gasteiger partial charge is 0.114 e. The van der Waals surface area contributed by atoms with Crippen molar-refractivity contribution in [1.29, 1.82) is 0 Å². The third-order valence-electron chi connectivity index (χ3n) is 6.75. The fourth-order valence-corrected chi connectivity index (χ4v) is 9.97. The summed E-state index contributed by atoms with van der Waals surface area (Å²) in [6, 6.07) is 22.4. The summed E-state index contributed by atoms with van der Waals surface area (Å²) in [5.74, 6) is 7.26. The van der Waals surface area contributed by atoms with Gasteiger partial charge in [-0.25, -0.2) is 0 Å². The van der Waals surface area contributed by atoms with Gasteiger partial charge in [0, 0.05) is 70.8 Å². The number of benzene rings is 2. The average Bonchev–Trinajstić information content (AvgIpc) is 3.73. The maximum atomic E-state index is 4.75. The molecule has 0 atom stereocenters. The molecule has 40 heavy (non-hydrogen) atoms. The van der Waals surface area contributed by atoms with Crippen LogP contribution in [0.3, 0.4) is 0 Å². The lowest BCUT2D eigenvalue weighted by Crippen LogP contribution is -2.07. The van der Waals surface area contributed by atoms with E-state index in [0.717, 1.165) is 27.9 Å². The molecule has 0 N–H and O–H groups in total. The van der Waals surface area contributed by atoms with Gasteiger partial charge in [-0.15, -0.1) is 45.3 Å². The summed E-state index contributed by atoms with van der Waals surface area (Å²) in [7, 11) is 4.14. The van der Waals surface area contributed by atoms with E-state index in [0.29, 0.717) is 5.92 Å². The largest absolute Gasteiger partial charge is 0.378 e. The van der Waals surface area contributed by atoms with Gasteiger partial charge in [-0.05, 0) is 47.9 Å². The van der Waals surface area contributed by atoms with Crippen molar-refractivity contribution in [3.8, 4) is 43.2 Å². The van der Waals surface area contributed by atoms with Crippen molar-refractivity contribution in [2.75, 3.05) is 19.0 Å². The Morgan fingerprint density at radius 3 is 1.82 bits per heavy atom. The van der Waals surface area contributed by atoms with Crippen molar-refractivity contribution < 1.29 is 0 Å². The van der Waals surface area contributed by atoms with Crippen LogP contribution in [0.15, 0.2) is 60.7 Å². The Balaban J connectivity index is 1.19. The lowest BCUT2D eigenvalue weighted by molar-refractivity contribution is 0.676. The number of aromatic nitrogens is 2. The van der Waals surface area contributed by atoms with Gasteiger partial charge >= 0.3 is 0 Å². The first-order valence-electron chi connectivity index (χ1n) is 13.0. The molecule has 0 bridgehead atoms. The zero-order chi connectivity index (χ0) is 27.4. The second-order valence-corrected chi connectivity index (χ2v) is 15.2. The van der Waals surface area contributed by atoms with Gasteiger partial charge in [-0.2, -0.15) is 8.75 Å². The highest BCUT2D eigenvalue weighted by molar-refractivity contribution is 7.31. The first kappa shape index (κ1) is 25.9. The Labute approximate surface area is 253 Å². The highest BCUT2D eigenvalue weighted by Gasteiger charge is 2.18. The van der Waals surface area contributed by atoms with Crippen LogP contribution in [0.5, 0.6) is 0 Å². The molecule has 0 aliphatic rings. The minimum atomic E-state index is 0.603. The van der Waals surface area contributed by atoms with Crippen LogP contribution in [0.1, 0.15) is 25.1 Å². The summed E-state index contributed by atoms with van der Waals surface area (Å²) in [4.78, 5) is 7.07. The molecule has 8 heteroatoms. The molecule has 0 aliphatic carbocycles. The van der Waals surface area contributed by atoms with Gasteiger partial charge in [-0.3, -0.25) is 0 Å². The summed E-state index contributed by atoms with van der Waals surface area (Å²) in [6.45, 7) is 4.41. The number of anilines is 1. The van der Waals surface area contributed by atoms with E-state index >= 15 is 0 Å². The molecule has 3 nitrogen and oxygen atoms in total. The van der Waals surface area contributed by atoms with Crippen molar-refractivity contribution >= 4 is 92.6 Å². The van der Waals surface area contributed by atoms with E-state index in [9.17, 15) is 0 Å². The standard InChI is InChI=1S/C32H25N3S5/c1-18(2)6-5-7-21-14-27-28(36-21)16-25(38-27)22-12-13-23(32-31(22)33-40-34-32)26-17-30-29(39-26)15-24(37-30)19-8-10-20(11-9-19)35(3)4/h8-18H,6H2,1-4H3. The number of nitrogens with zero attached hydrogens (tertiary/aromatic N) is 3. The Kier molecular flexibility index (Phi) is 6.73. The summed E-state index contributed by atoms with van der Waals surface area (Å²) >= 11 is 8.59. The predicted molar refractivity (Wildman–Crippen MR) is 181 cm³/mol. The molecule has 0 amide bonds. The molecule has 0 spiro atoms. The van der Waals surface area contributed by atoms with E-state index in [2.05, 4.69) is 105 Å². The van der Waals surface area contributed by atoms with Gasteiger partial charge < -0.3 is 4.90 Å². The van der Waals surface area contributed by atoms with Crippen molar-refractivity contribution in [2.24, 2.45) is 5.92 Å². The van der Waals surface area contributed by atoms with Crippen LogP contribution in [0.2, 0.25) is 0 Å². The molecule has 0 unspecified atom stereocenters. The molecule has 0 fully saturated rings. The number of hydrogen-bond acceptors (Lipinski definition) is 8. The second-order valence-electron chi connectivity index (χ2n) is 10.4. The quantitative estimate of drug-likeness (QED) is 0.181. The minimum Gasteiger partial charge on any atom is -0.378 e. The maximum Gasteiger partial charge on any atom is 0.114 e. The predicted octanol–water partition coefficient (Wildman–Crippen LogP) is 10.7. The summed E-state index contributed by atoms with van der Waals surface area (Å²) in [5.41, 5.74) is 6.79. The molecule has 5 heterocycles. The van der Waals surface area contributed by atoms with Crippen LogP contribution < -0.4 is 4.90 Å². The van der Waals surface area contributed by atoms with Gasteiger partial charge in [0.05, 0.1) is 16.6 Å². The van der Waals surface area contributed by atoms with Crippen LogP contribution in [0, 0.1) is 17.8 Å². The first-order chi connectivity index (χ1) is 19.4. The van der Waals surface area contributed by atoms with Gasteiger partial charge in [-0.1, -0.05) is 50.0 Å². The van der Waals surface area contributed by atoms with Crippen LogP contribution in [-0.2, 0) is 0 Å². The third kappa shape index (κ3) is 4.76. The minimum absolute atomic E-state index is 0.603. The molecule has 198 valence electrons. The number of thiophene rings is 4. The van der Waals surface area contributed by atoms with Crippen LogP contribution in [0.4, 0.5) is 5.69 Å². The van der Waals surface area contributed by atoms with E-state index in [1.54, 1.807) is 11.3 Å². The molecule has 0 saturated carbocycles. The molecule has 0 aliphatic heterocycles. The summed E-state index contributed by atoms with van der Waals surface area (Å²) in [5, 5.41) is 0. The van der Waals surface area contributed by atoms with Gasteiger partial charge in [0.15, 0.2) is 0 Å². The Bertz CT molecular complexity index is 1990. The summed E-state index contributed by atoms with van der Waals surface area (Å²) in [6.07, 6.45) is 0.937.